The molecule has 110 valence electrons. The van der Waals surface area contributed by atoms with E-state index in [1.165, 1.54) is 0 Å². The van der Waals surface area contributed by atoms with E-state index in [-0.39, 0.29) is 12.6 Å². The zero-order valence-corrected chi connectivity index (χ0v) is 13.2. The Labute approximate surface area is 132 Å². The second-order valence-corrected chi connectivity index (χ2v) is 5.62. The summed E-state index contributed by atoms with van der Waals surface area (Å²) >= 11 is 3.38. The molecule has 2 aromatic carbocycles. The van der Waals surface area contributed by atoms with Crippen LogP contribution in [0.15, 0.2) is 53.0 Å². The molecular formula is C16H17BrN2O2. The fourth-order valence-electron chi connectivity index (χ4n) is 2.00. The zero-order chi connectivity index (χ0) is 15.2. The normalized spacial score (nSPS) is 11.8. The molecule has 0 spiro atoms. The van der Waals surface area contributed by atoms with Crippen LogP contribution in [-0.2, 0) is 0 Å². The summed E-state index contributed by atoms with van der Waals surface area (Å²) in [5.41, 5.74) is 2.56. The molecule has 0 unspecified atom stereocenters. The van der Waals surface area contributed by atoms with E-state index in [4.69, 9.17) is 0 Å². The van der Waals surface area contributed by atoms with E-state index in [2.05, 4.69) is 26.6 Å². The Morgan fingerprint density at radius 1 is 1.24 bits per heavy atom. The average molecular weight is 349 g/mol. The Morgan fingerprint density at radius 2 is 1.95 bits per heavy atom. The first-order valence-electron chi connectivity index (χ1n) is 6.59. The number of nitrogens with one attached hydrogen (secondary N) is 2. The SMILES string of the molecule is Cc1cc(Br)ccc1NC(=O)N[C@H](CO)c1ccccc1. The Balaban J connectivity index is 2.03. The van der Waals surface area contributed by atoms with Gasteiger partial charge in [-0.3, -0.25) is 0 Å². The summed E-state index contributed by atoms with van der Waals surface area (Å²) in [7, 11) is 0. The lowest BCUT2D eigenvalue weighted by atomic mass is 10.1. The van der Waals surface area contributed by atoms with Crippen molar-refractivity contribution in [1.82, 2.24) is 5.32 Å². The molecule has 21 heavy (non-hydrogen) atoms. The summed E-state index contributed by atoms with van der Waals surface area (Å²) in [6.45, 7) is 1.76. The number of carbonyl (C=O) groups excluding carboxylic acids is 1. The second kappa shape index (κ2) is 7.24. The number of aliphatic hydroxyl groups is 1. The van der Waals surface area contributed by atoms with Crippen LogP contribution in [0.25, 0.3) is 0 Å². The molecule has 2 amide bonds. The Morgan fingerprint density at radius 3 is 2.57 bits per heavy atom. The van der Waals surface area contributed by atoms with Crippen molar-refractivity contribution in [1.29, 1.82) is 0 Å². The largest absolute Gasteiger partial charge is 0.394 e. The molecule has 0 aromatic heterocycles. The quantitative estimate of drug-likeness (QED) is 0.790. The lowest BCUT2D eigenvalue weighted by Crippen LogP contribution is -2.34. The maximum atomic E-state index is 12.0. The van der Waals surface area contributed by atoms with Crippen LogP contribution >= 0.6 is 15.9 Å². The molecule has 0 saturated carbocycles. The van der Waals surface area contributed by atoms with Crippen LogP contribution in [0.1, 0.15) is 17.2 Å². The lowest BCUT2D eigenvalue weighted by Gasteiger charge is -2.18. The van der Waals surface area contributed by atoms with Crippen LogP contribution in [0.3, 0.4) is 0 Å². The molecule has 0 radical (unpaired) electrons. The third kappa shape index (κ3) is 4.31. The average Bonchev–Trinajstić information content (AvgIpc) is 2.48. The Kier molecular flexibility index (Phi) is 5.36. The minimum absolute atomic E-state index is 0.156. The van der Waals surface area contributed by atoms with Gasteiger partial charge in [0.2, 0.25) is 0 Å². The summed E-state index contributed by atoms with van der Waals surface area (Å²) in [6.07, 6.45) is 0. The molecule has 0 aliphatic rings. The predicted octanol–water partition coefficient (Wildman–Crippen LogP) is 3.61. The number of hydrogen-bond acceptors (Lipinski definition) is 2. The molecule has 3 N–H and O–H groups in total. The summed E-state index contributed by atoms with van der Waals surface area (Å²) < 4.78 is 0.962. The minimum atomic E-state index is -0.429. The van der Waals surface area contributed by atoms with Gasteiger partial charge in [0, 0.05) is 10.2 Å². The van der Waals surface area contributed by atoms with Crippen LogP contribution in [-0.4, -0.2) is 17.7 Å². The van der Waals surface area contributed by atoms with Gasteiger partial charge in [-0.05, 0) is 36.2 Å². The lowest BCUT2D eigenvalue weighted by molar-refractivity contribution is 0.225. The van der Waals surface area contributed by atoms with Crippen LogP contribution in [0, 0.1) is 6.92 Å². The highest BCUT2D eigenvalue weighted by Crippen LogP contribution is 2.20. The van der Waals surface area contributed by atoms with Gasteiger partial charge in [0.25, 0.3) is 0 Å². The molecule has 2 aromatic rings. The molecule has 5 heteroatoms. The number of aryl methyl sites for hydroxylation is 1. The third-order valence-electron chi connectivity index (χ3n) is 3.13. The van der Waals surface area contributed by atoms with Gasteiger partial charge in [-0.1, -0.05) is 46.3 Å². The Bertz CT molecular complexity index is 617. The van der Waals surface area contributed by atoms with Crippen LogP contribution in [0.4, 0.5) is 10.5 Å². The molecule has 1 atom stereocenters. The van der Waals surface area contributed by atoms with Crippen molar-refractivity contribution < 1.29 is 9.90 Å². The van der Waals surface area contributed by atoms with Gasteiger partial charge in [0.15, 0.2) is 0 Å². The molecule has 0 aliphatic carbocycles. The monoisotopic (exact) mass is 348 g/mol. The van der Waals surface area contributed by atoms with Crippen molar-refractivity contribution in [2.45, 2.75) is 13.0 Å². The minimum Gasteiger partial charge on any atom is -0.394 e. The number of rotatable bonds is 4. The van der Waals surface area contributed by atoms with E-state index in [0.717, 1.165) is 21.3 Å². The highest BCUT2D eigenvalue weighted by Gasteiger charge is 2.13. The molecule has 0 aliphatic heterocycles. The molecule has 2 rings (SSSR count). The van der Waals surface area contributed by atoms with Crippen molar-refractivity contribution in [3.63, 3.8) is 0 Å². The van der Waals surface area contributed by atoms with Gasteiger partial charge < -0.3 is 15.7 Å². The number of benzene rings is 2. The second-order valence-electron chi connectivity index (χ2n) is 4.70. The number of halogens is 1. The smallest absolute Gasteiger partial charge is 0.319 e. The van der Waals surface area contributed by atoms with E-state index >= 15 is 0 Å². The van der Waals surface area contributed by atoms with Crippen LogP contribution in [0.2, 0.25) is 0 Å². The molecule has 0 heterocycles. The van der Waals surface area contributed by atoms with Gasteiger partial charge in [-0.2, -0.15) is 0 Å². The van der Waals surface area contributed by atoms with Gasteiger partial charge in [0.1, 0.15) is 0 Å². The van der Waals surface area contributed by atoms with Gasteiger partial charge in [-0.15, -0.1) is 0 Å². The number of amides is 2. The fourth-order valence-corrected chi connectivity index (χ4v) is 2.48. The zero-order valence-electron chi connectivity index (χ0n) is 11.6. The highest BCUT2D eigenvalue weighted by molar-refractivity contribution is 9.10. The van der Waals surface area contributed by atoms with Crippen molar-refractivity contribution >= 4 is 27.6 Å². The summed E-state index contributed by atoms with van der Waals surface area (Å²) in [5.74, 6) is 0. The number of hydrogen-bond donors (Lipinski definition) is 3. The maximum absolute atomic E-state index is 12.0. The molecule has 0 bridgehead atoms. The number of urea groups is 1. The Hall–Kier alpha value is -1.85. The number of anilines is 1. The molecule has 0 saturated heterocycles. The number of carbonyl (C=O) groups is 1. The van der Waals surface area contributed by atoms with E-state index < -0.39 is 6.04 Å². The topological polar surface area (TPSA) is 61.4 Å². The third-order valence-corrected chi connectivity index (χ3v) is 3.62. The first-order chi connectivity index (χ1) is 10.1. The first kappa shape index (κ1) is 15.5. The van der Waals surface area contributed by atoms with E-state index in [0.29, 0.717) is 0 Å². The predicted molar refractivity (Wildman–Crippen MR) is 87.3 cm³/mol. The van der Waals surface area contributed by atoms with Crippen molar-refractivity contribution in [3.8, 4) is 0 Å². The van der Waals surface area contributed by atoms with Crippen LogP contribution in [0.5, 0.6) is 0 Å². The van der Waals surface area contributed by atoms with Crippen molar-refractivity contribution in [2.24, 2.45) is 0 Å². The maximum Gasteiger partial charge on any atom is 0.319 e. The fraction of sp³-hybridized carbons (Fsp3) is 0.188. The van der Waals surface area contributed by atoms with E-state index in [1.807, 2.05) is 55.5 Å². The van der Waals surface area contributed by atoms with Gasteiger partial charge in [0.05, 0.1) is 12.6 Å². The van der Waals surface area contributed by atoms with E-state index in [9.17, 15) is 9.90 Å². The summed E-state index contributed by atoms with van der Waals surface area (Å²) in [4.78, 5) is 12.0. The highest BCUT2D eigenvalue weighted by atomic mass is 79.9. The van der Waals surface area contributed by atoms with Crippen molar-refractivity contribution in [3.05, 3.63) is 64.1 Å². The van der Waals surface area contributed by atoms with Crippen molar-refractivity contribution in [2.75, 3.05) is 11.9 Å². The molecule has 0 fully saturated rings. The summed E-state index contributed by atoms with van der Waals surface area (Å²) in [6, 6.07) is 14.2. The number of aliphatic hydroxyl groups excluding tert-OH is 1. The van der Waals surface area contributed by atoms with E-state index in [1.54, 1.807) is 0 Å². The summed E-state index contributed by atoms with van der Waals surface area (Å²) in [5, 5.41) is 15.0. The standard InChI is InChI=1S/C16H17BrN2O2/c1-11-9-13(17)7-8-14(11)18-16(21)19-15(10-20)12-5-3-2-4-6-12/h2-9,15,20H,10H2,1H3,(H2,18,19,21)/t15-/m1/s1. The molecular weight excluding hydrogens is 332 g/mol. The van der Waals surface area contributed by atoms with Gasteiger partial charge >= 0.3 is 6.03 Å². The van der Waals surface area contributed by atoms with Crippen LogP contribution < -0.4 is 10.6 Å². The molecule has 4 nitrogen and oxygen atoms in total. The first-order valence-corrected chi connectivity index (χ1v) is 7.39. The van der Waals surface area contributed by atoms with Gasteiger partial charge in [-0.25, -0.2) is 4.79 Å².